The number of esters is 1. The Morgan fingerprint density at radius 2 is 1.81 bits per heavy atom. The Morgan fingerprint density at radius 3 is 2.50 bits per heavy atom. The molecule has 36 heavy (non-hydrogen) atoms. The van der Waals surface area contributed by atoms with Crippen LogP contribution in [0.25, 0.3) is 16.9 Å². The van der Waals surface area contributed by atoms with Gasteiger partial charge in [0, 0.05) is 28.6 Å². The van der Waals surface area contributed by atoms with E-state index in [4.69, 9.17) is 9.72 Å². The number of anilines is 1. The highest BCUT2D eigenvalue weighted by Crippen LogP contribution is 2.28. The molecule has 0 aliphatic heterocycles. The molecule has 2 aromatic heterocycles. The number of fused-ring (bicyclic) bond motifs is 1. The number of hydrogen-bond acceptors (Lipinski definition) is 5. The number of halogens is 1. The number of carbonyl (C=O) groups excluding carboxylic acids is 1. The van der Waals surface area contributed by atoms with Crippen LogP contribution < -0.4 is 10.9 Å². The second-order valence-electron chi connectivity index (χ2n) is 9.98. The number of pyridine rings is 1. The van der Waals surface area contributed by atoms with Crippen LogP contribution in [0.3, 0.4) is 0 Å². The molecule has 0 saturated carbocycles. The Bertz CT molecular complexity index is 1520. The SMILES string of the molecule is Cc1cc(C(C)Nc2ccccc2C(=O)OC(C)(C)C)c2nc(-c3cccc(F)c3)c(C)c(=O)n2c1. The Morgan fingerprint density at radius 1 is 1.08 bits per heavy atom. The zero-order valence-corrected chi connectivity index (χ0v) is 21.3. The molecule has 0 aliphatic carbocycles. The first-order valence-electron chi connectivity index (χ1n) is 11.8. The third-order valence-electron chi connectivity index (χ3n) is 5.80. The molecule has 0 aliphatic rings. The summed E-state index contributed by atoms with van der Waals surface area (Å²) in [7, 11) is 0. The molecule has 7 heteroatoms. The monoisotopic (exact) mass is 487 g/mol. The van der Waals surface area contributed by atoms with E-state index in [1.54, 1.807) is 37.4 Å². The van der Waals surface area contributed by atoms with E-state index >= 15 is 0 Å². The Kier molecular flexibility index (Phi) is 6.67. The summed E-state index contributed by atoms with van der Waals surface area (Å²) >= 11 is 0. The molecule has 2 aromatic carbocycles. The fraction of sp³-hybridized carbons (Fsp3) is 0.276. The molecular weight excluding hydrogens is 457 g/mol. The molecule has 0 spiro atoms. The minimum Gasteiger partial charge on any atom is -0.456 e. The minimum absolute atomic E-state index is 0.217. The number of benzene rings is 2. The lowest BCUT2D eigenvalue weighted by Crippen LogP contribution is -2.25. The van der Waals surface area contributed by atoms with E-state index in [9.17, 15) is 14.0 Å². The first kappa shape index (κ1) is 25.1. The highest BCUT2D eigenvalue weighted by molar-refractivity contribution is 5.96. The van der Waals surface area contributed by atoms with E-state index < -0.39 is 17.4 Å². The number of carbonyl (C=O) groups is 1. The molecule has 1 N–H and O–H groups in total. The van der Waals surface area contributed by atoms with Crippen LogP contribution in [0, 0.1) is 19.7 Å². The summed E-state index contributed by atoms with van der Waals surface area (Å²) in [5.41, 5.74) is 3.70. The molecule has 0 bridgehead atoms. The molecule has 1 atom stereocenters. The number of nitrogens with one attached hydrogen (secondary N) is 1. The predicted molar refractivity (Wildman–Crippen MR) is 140 cm³/mol. The molecule has 4 aromatic rings. The van der Waals surface area contributed by atoms with Crippen molar-refractivity contribution in [2.24, 2.45) is 0 Å². The third-order valence-corrected chi connectivity index (χ3v) is 5.80. The third kappa shape index (κ3) is 5.15. The molecule has 6 nitrogen and oxygen atoms in total. The first-order chi connectivity index (χ1) is 16.9. The van der Waals surface area contributed by atoms with Crippen LogP contribution in [0.2, 0.25) is 0 Å². The quantitative estimate of drug-likeness (QED) is 0.337. The Labute approximate surface area is 209 Å². The normalized spacial score (nSPS) is 12.4. The summed E-state index contributed by atoms with van der Waals surface area (Å²) in [4.78, 5) is 31.0. The topological polar surface area (TPSA) is 72.7 Å². The molecule has 186 valence electrons. The summed E-state index contributed by atoms with van der Waals surface area (Å²) in [5, 5.41) is 3.40. The molecule has 0 amide bonds. The van der Waals surface area contributed by atoms with Gasteiger partial charge in [0.15, 0.2) is 0 Å². The van der Waals surface area contributed by atoms with Crippen molar-refractivity contribution in [2.75, 3.05) is 5.32 Å². The smallest absolute Gasteiger partial charge is 0.340 e. The van der Waals surface area contributed by atoms with E-state index in [2.05, 4.69) is 5.32 Å². The maximum absolute atomic E-state index is 13.9. The van der Waals surface area contributed by atoms with Crippen molar-refractivity contribution in [2.45, 2.75) is 53.2 Å². The number of nitrogens with zero attached hydrogens (tertiary/aromatic N) is 2. The van der Waals surface area contributed by atoms with E-state index in [1.165, 1.54) is 16.5 Å². The van der Waals surface area contributed by atoms with Gasteiger partial charge < -0.3 is 10.1 Å². The fourth-order valence-corrected chi connectivity index (χ4v) is 4.16. The van der Waals surface area contributed by atoms with Gasteiger partial charge in [-0.3, -0.25) is 9.20 Å². The van der Waals surface area contributed by atoms with Crippen LogP contribution in [0.15, 0.2) is 65.6 Å². The van der Waals surface area contributed by atoms with Gasteiger partial charge in [-0.25, -0.2) is 14.2 Å². The number of hydrogen-bond donors (Lipinski definition) is 1. The number of ether oxygens (including phenoxy) is 1. The zero-order chi connectivity index (χ0) is 26.2. The van der Waals surface area contributed by atoms with Crippen LogP contribution in [0.4, 0.5) is 10.1 Å². The van der Waals surface area contributed by atoms with Crippen LogP contribution in [-0.2, 0) is 4.74 Å². The molecule has 0 saturated heterocycles. The van der Waals surface area contributed by atoms with Crippen molar-refractivity contribution in [1.29, 1.82) is 0 Å². The zero-order valence-electron chi connectivity index (χ0n) is 21.3. The van der Waals surface area contributed by atoms with Gasteiger partial charge in [-0.15, -0.1) is 0 Å². The van der Waals surface area contributed by atoms with E-state index in [0.29, 0.717) is 33.7 Å². The molecular formula is C29H30FN3O3. The van der Waals surface area contributed by atoms with Crippen LogP contribution in [-0.4, -0.2) is 21.0 Å². The van der Waals surface area contributed by atoms with Gasteiger partial charge in [-0.1, -0.05) is 24.3 Å². The van der Waals surface area contributed by atoms with Crippen LogP contribution >= 0.6 is 0 Å². The van der Waals surface area contributed by atoms with E-state index in [1.807, 2.05) is 52.8 Å². The molecule has 0 fully saturated rings. The first-order valence-corrected chi connectivity index (χ1v) is 11.8. The van der Waals surface area contributed by atoms with Crippen molar-refractivity contribution in [3.05, 3.63) is 99.2 Å². The number of para-hydroxylation sites is 1. The maximum atomic E-state index is 13.9. The van der Waals surface area contributed by atoms with Gasteiger partial charge in [0.05, 0.1) is 17.3 Å². The van der Waals surface area contributed by atoms with Gasteiger partial charge in [0.1, 0.15) is 17.1 Å². The van der Waals surface area contributed by atoms with E-state index in [0.717, 1.165) is 11.1 Å². The summed E-state index contributed by atoms with van der Waals surface area (Å²) in [5.74, 6) is -0.822. The molecule has 2 heterocycles. The van der Waals surface area contributed by atoms with Gasteiger partial charge in [-0.2, -0.15) is 0 Å². The second-order valence-corrected chi connectivity index (χ2v) is 9.98. The van der Waals surface area contributed by atoms with Crippen molar-refractivity contribution in [3.8, 4) is 11.3 Å². The van der Waals surface area contributed by atoms with Crippen molar-refractivity contribution >= 4 is 17.3 Å². The van der Waals surface area contributed by atoms with Crippen molar-refractivity contribution in [1.82, 2.24) is 9.38 Å². The lowest BCUT2D eigenvalue weighted by atomic mass is 10.0. The summed E-state index contributed by atoms with van der Waals surface area (Å²) in [6.45, 7) is 11.0. The Hall–Kier alpha value is -4.00. The predicted octanol–water partition coefficient (Wildman–Crippen LogP) is 6.25. The van der Waals surface area contributed by atoms with Gasteiger partial charge in [0.25, 0.3) is 5.56 Å². The average Bonchev–Trinajstić information content (AvgIpc) is 2.80. The highest BCUT2D eigenvalue weighted by Gasteiger charge is 2.22. The van der Waals surface area contributed by atoms with Gasteiger partial charge in [-0.05, 0) is 77.4 Å². The highest BCUT2D eigenvalue weighted by atomic mass is 19.1. The number of aromatic nitrogens is 2. The lowest BCUT2D eigenvalue weighted by molar-refractivity contribution is 0.00706. The van der Waals surface area contributed by atoms with E-state index in [-0.39, 0.29) is 11.6 Å². The lowest BCUT2D eigenvalue weighted by Gasteiger charge is -2.23. The van der Waals surface area contributed by atoms with Gasteiger partial charge >= 0.3 is 5.97 Å². The largest absolute Gasteiger partial charge is 0.456 e. The van der Waals surface area contributed by atoms with Crippen molar-refractivity contribution in [3.63, 3.8) is 0 Å². The average molecular weight is 488 g/mol. The Balaban J connectivity index is 1.82. The second kappa shape index (κ2) is 9.57. The number of rotatable bonds is 5. The molecule has 0 radical (unpaired) electrons. The van der Waals surface area contributed by atoms with Crippen molar-refractivity contribution < 1.29 is 13.9 Å². The maximum Gasteiger partial charge on any atom is 0.340 e. The summed E-state index contributed by atoms with van der Waals surface area (Å²) in [6, 6.07) is 14.9. The summed E-state index contributed by atoms with van der Waals surface area (Å²) in [6.07, 6.45) is 1.75. The summed E-state index contributed by atoms with van der Waals surface area (Å²) < 4.78 is 21.1. The minimum atomic E-state index is -0.626. The standard InChI is InChI=1S/C29H30FN3O3/c1-17-14-23(19(3)31-24-13-8-7-12-22(24)28(35)36-29(4,5)6)26-32-25(18(2)27(34)33(26)16-17)20-10-9-11-21(30)15-20/h7-16,19,31H,1-6H3. The molecule has 4 rings (SSSR count). The molecule has 1 unspecified atom stereocenters. The van der Waals surface area contributed by atoms with Crippen LogP contribution in [0.5, 0.6) is 0 Å². The fourth-order valence-electron chi connectivity index (χ4n) is 4.16. The number of aryl methyl sites for hydroxylation is 1. The van der Waals surface area contributed by atoms with Gasteiger partial charge in [0.2, 0.25) is 0 Å². The van der Waals surface area contributed by atoms with Crippen LogP contribution in [0.1, 0.15) is 60.8 Å².